The number of carbonyl (C=O) groups is 2. The van der Waals surface area contributed by atoms with Gasteiger partial charge < -0.3 is 4.74 Å². The lowest BCUT2D eigenvalue weighted by atomic mass is 10.1. The largest absolute Gasteiger partial charge is 0.484 e. The molecule has 3 aromatic rings. The van der Waals surface area contributed by atoms with E-state index >= 15 is 0 Å². The Morgan fingerprint density at radius 2 is 1.79 bits per heavy atom. The number of nitrogens with zero attached hydrogens (tertiary/aromatic N) is 3. The molecule has 1 heterocycles. The first-order chi connectivity index (χ1) is 13.8. The lowest BCUT2D eigenvalue weighted by molar-refractivity contribution is -0.123. The fraction of sp³-hybridized carbons (Fsp3) is 0.238. The van der Waals surface area contributed by atoms with Crippen molar-refractivity contribution in [1.82, 2.24) is 25.8 Å². The highest BCUT2D eigenvalue weighted by Gasteiger charge is 2.18. The molecule has 0 spiro atoms. The molecule has 2 aromatic carbocycles. The summed E-state index contributed by atoms with van der Waals surface area (Å²) in [5.41, 5.74) is 9.44. The van der Waals surface area contributed by atoms with E-state index in [9.17, 15) is 9.59 Å². The van der Waals surface area contributed by atoms with Gasteiger partial charge in [0.25, 0.3) is 11.8 Å². The van der Waals surface area contributed by atoms with Crippen LogP contribution in [0.3, 0.4) is 0 Å². The topological polar surface area (TPSA) is 98.1 Å². The van der Waals surface area contributed by atoms with E-state index in [1.165, 1.54) is 0 Å². The Hall–Kier alpha value is -3.68. The minimum Gasteiger partial charge on any atom is -0.484 e. The molecule has 29 heavy (non-hydrogen) atoms. The zero-order valence-electron chi connectivity index (χ0n) is 16.8. The molecule has 2 N–H and O–H groups in total. The predicted octanol–water partition coefficient (Wildman–Crippen LogP) is 2.34. The maximum atomic E-state index is 12.4. The van der Waals surface area contributed by atoms with Crippen LogP contribution in [0.25, 0.3) is 5.69 Å². The average molecular weight is 393 g/mol. The number of aromatic nitrogens is 3. The van der Waals surface area contributed by atoms with Gasteiger partial charge in [-0.05, 0) is 68.7 Å². The molecule has 150 valence electrons. The normalized spacial score (nSPS) is 10.5. The van der Waals surface area contributed by atoms with Gasteiger partial charge in [-0.25, -0.2) is 4.68 Å². The van der Waals surface area contributed by atoms with E-state index in [1.807, 2.05) is 57.2 Å². The van der Waals surface area contributed by atoms with Crippen molar-refractivity contribution in [3.05, 3.63) is 70.5 Å². The number of nitrogens with one attached hydrogen (secondary N) is 2. The van der Waals surface area contributed by atoms with Crippen LogP contribution in [0.1, 0.15) is 32.9 Å². The second-order valence-electron chi connectivity index (χ2n) is 6.81. The highest BCUT2D eigenvalue weighted by Crippen LogP contribution is 2.16. The molecule has 0 fully saturated rings. The van der Waals surface area contributed by atoms with Crippen LogP contribution in [0.2, 0.25) is 0 Å². The van der Waals surface area contributed by atoms with Crippen molar-refractivity contribution in [2.75, 3.05) is 6.61 Å². The highest BCUT2D eigenvalue weighted by atomic mass is 16.5. The van der Waals surface area contributed by atoms with E-state index in [4.69, 9.17) is 4.74 Å². The zero-order valence-corrected chi connectivity index (χ0v) is 16.8. The number of carbonyl (C=O) groups excluding carboxylic acids is 2. The number of hydrogen-bond donors (Lipinski definition) is 2. The third kappa shape index (κ3) is 4.78. The van der Waals surface area contributed by atoms with Crippen molar-refractivity contribution < 1.29 is 14.3 Å². The number of hydrogen-bond acceptors (Lipinski definition) is 5. The molecule has 0 atom stereocenters. The second-order valence-corrected chi connectivity index (χ2v) is 6.81. The van der Waals surface area contributed by atoms with E-state index in [0.717, 1.165) is 22.4 Å². The Morgan fingerprint density at radius 1 is 1.00 bits per heavy atom. The molecule has 0 saturated heterocycles. The summed E-state index contributed by atoms with van der Waals surface area (Å²) in [7, 11) is 0. The summed E-state index contributed by atoms with van der Waals surface area (Å²) < 4.78 is 7.02. The van der Waals surface area contributed by atoms with Crippen LogP contribution < -0.4 is 15.6 Å². The first kappa shape index (κ1) is 20.1. The van der Waals surface area contributed by atoms with Crippen LogP contribution in [0.4, 0.5) is 0 Å². The number of hydrazine groups is 1. The molecule has 0 aliphatic carbocycles. The summed E-state index contributed by atoms with van der Waals surface area (Å²) in [6.45, 7) is 7.45. The van der Waals surface area contributed by atoms with Crippen molar-refractivity contribution in [2.24, 2.45) is 0 Å². The summed E-state index contributed by atoms with van der Waals surface area (Å²) in [4.78, 5) is 24.3. The van der Waals surface area contributed by atoms with Gasteiger partial charge in [0.05, 0.1) is 11.4 Å². The number of ether oxygens (including phenoxy) is 1. The SMILES string of the molecule is Cc1cccc(-n2nnc(C(=O)NNC(=O)COc3ccc(C)c(C)c3)c2C)c1. The van der Waals surface area contributed by atoms with E-state index in [1.54, 1.807) is 17.7 Å². The van der Waals surface area contributed by atoms with Gasteiger partial charge in [0.15, 0.2) is 12.3 Å². The highest BCUT2D eigenvalue weighted by molar-refractivity contribution is 5.94. The molecule has 8 heteroatoms. The molecular weight excluding hydrogens is 370 g/mol. The minimum atomic E-state index is -0.555. The summed E-state index contributed by atoms with van der Waals surface area (Å²) in [5, 5.41) is 7.96. The third-order valence-corrected chi connectivity index (χ3v) is 4.52. The summed E-state index contributed by atoms with van der Waals surface area (Å²) >= 11 is 0. The number of amides is 2. The zero-order chi connectivity index (χ0) is 21.0. The van der Waals surface area contributed by atoms with Gasteiger partial charge in [-0.2, -0.15) is 0 Å². The third-order valence-electron chi connectivity index (χ3n) is 4.52. The molecule has 3 rings (SSSR count). The standard InChI is InChI=1S/C21H23N5O3/c1-13-6-5-7-17(10-13)26-16(4)20(23-25-26)21(28)24-22-19(27)12-29-18-9-8-14(2)15(3)11-18/h5-11H,12H2,1-4H3,(H,22,27)(H,24,28). The van der Waals surface area contributed by atoms with Gasteiger partial charge in [0.2, 0.25) is 0 Å². The summed E-state index contributed by atoms with van der Waals surface area (Å²) in [6, 6.07) is 13.3. The predicted molar refractivity (Wildman–Crippen MR) is 108 cm³/mol. The molecule has 0 unspecified atom stereocenters. The summed E-state index contributed by atoms with van der Waals surface area (Å²) in [5.74, 6) is -0.451. The van der Waals surface area contributed by atoms with Crippen LogP contribution in [0.5, 0.6) is 5.75 Å². The molecule has 8 nitrogen and oxygen atoms in total. The Labute approximate surface area is 168 Å². The molecule has 0 saturated carbocycles. The van der Waals surface area contributed by atoms with Crippen molar-refractivity contribution in [3.63, 3.8) is 0 Å². The average Bonchev–Trinajstić information content (AvgIpc) is 3.08. The Balaban J connectivity index is 1.56. The minimum absolute atomic E-state index is 0.127. The number of aryl methyl sites for hydroxylation is 3. The van der Waals surface area contributed by atoms with Crippen LogP contribution in [-0.2, 0) is 4.79 Å². The lowest BCUT2D eigenvalue weighted by Gasteiger charge is -2.09. The van der Waals surface area contributed by atoms with E-state index in [2.05, 4.69) is 21.2 Å². The smallest absolute Gasteiger partial charge is 0.292 e. The van der Waals surface area contributed by atoms with Crippen molar-refractivity contribution in [2.45, 2.75) is 27.7 Å². The first-order valence-corrected chi connectivity index (χ1v) is 9.13. The van der Waals surface area contributed by atoms with Gasteiger partial charge in [-0.3, -0.25) is 20.4 Å². The van der Waals surface area contributed by atoms with E-state index in [0.29, 0.717) is 11.4 Å². The van der Waals surface area contributed by atoms with Crippen molar-refractivity contribution in [1.29, 1.82) is 0 Å². The molecule has 1 aromatic heterocycles. The fourth-order valence-electron chi connectivity index (χ4n) is 2.72. The Bertz CT molecular complexity index is 1060. The van der Waals surface area contributed by atoms with Gasteiger partial charge in [-0.15, -0.1) is 5.10 Å². The van der Waals surface area contributed by atoms with Crippen LogP contribution in [-0.4, -0.2) is 33.4 Å². The number of benzene rings is 2. The maximum absolute atomic E-state index is 12.4. The maximum Gasteiger partial charge on any atom is 0.292 e. The molecule has 0 bridgehead atoms. The van der Waals surface area contributed by atoms with E-state index < -0.39 is 11.8 Å². The molecule has 0 aliphatic rings. The molecular formula is C21H23N5O3. The van der Waals surface area contributed by atoms with Gasteiger partial charge in [0.1, 0.15) is 5.75 Å². The Kier molecular flexibility index (Phi) is 5.92. The monoisotopic (exact) mass is 393 g/mol. The van der Waals surface area contributed by atoms with Gasteiger partial charge in [-0.1, -0.05) is 23.4 Å². The van der Waals surface area contributed by atoms with Crippen molar-refractivity contribution in [3.8, 4) is 11.4 Å². The quantitative estimate of drug-likeness (QED) is 0.649. The fourth-order valence-corrected chi connectivity index (χ4v) is 2.72. The first-order valence-electron chi connectivity index (χ1n) is 9.13. The Morgan fingerprint density at radius 3 is 2.52 bits per heavy atom. The molecule has 0 radical (unpaired) electrons. The lowest BCUT2D eigenvalue weighted by Crippen LogP contribution is -2.44. The van der Waals surface area contributed by atoms with Crippen LogP contribution in [0.15, 0.2) is 42.5 Å². The van der Waals surface area contributed by atoms with E-state index in [-0.39, 0.29) is 12.3 Å². The molecule has 0 aliphatic heterocycles. The van der Waals surface area contributed by atoms with Crippen LogP contribution in [0, 0.1) is 27.7 Å². The van der Waals surface area contributed by atoms with Gasteiger partial charge in [0, 0.05) is 0 Å². The summed E-state index contributed by atoms with van der Waals surface area (Å²) in [6.07, 6.45) is 0. The number of rotatable bonds is 5. The van der Waals surface area contributed by atoms with Gasteiger partial charge >= 0.3 is 0 Å². The van der Waals surface area contributed by atoms with Crippen molar-refractivity contribution >= 4 is 11.8 Å². The van der Waals surface area contributed by atoms with Crippen LogP contribution >= 0.6 is 0 Å². The molecule has 2 amide bonds. The second kappa shape index (κ2) is 8.55.